The van der Waals surface area contributed by atoms with Crippen molar-refractivity contribution in [3.8, 4) is 11.3 Å². The summed E-state index contributed by atoms with van der Waals surface area (Å²) in [5, 5.41) is 5.18. The van der Waals surface area contributed by atoms with Crippen LogP contribution >= 0.6 is 11.3 Å². The topological polar surface area (TPSA) is 92.5 Å². The van der Waals surface area contributed by atoms with Crippen LogP contribution in [0.3, 0.4) is 0 Å². The molecule has 7 nitrogen and oxygen atoms in total. The molecule has 148 valence electrons. The number of rotatable bonds is 5. The number of imide groups is 1. The predicted molar refractivity (Wildman–Crippen MR) is 108 cm³/mol. The molecule has 4 rings (SSSR count). The number of carbonyl (C=O) groups is 3. The molecule has 3 aromatic rings. The molecule has 1 aliphatic rings. The molecular weight excluding hydrogens is 390 g/mol. The van der Waals surface area contributed by atoms with Gasteiger partial charge in [0.25, 0.3) is 5.91 Å². The number of furan rings is 1. The number of aromatic nitrogens is 1. The minimum Gasteiger partial charge on any atom is -0.466 e. The minimum atomic E-state index is -0.272. The summed E-state index contributed by atoms with van der Waals surface area (Å²) in [6.07, 6.45) is 0.542. The predicted octanol–water partition coefficient (Wildman–Crippen LogP) is 3.92. The average Bonchev–Trinajstić information content (AvgIpc) is 3.37. The molecule has 3 heterocycles. The Morgan fingerprint density at radius 1 is 1.17 bits per heavy atom. The number of hydrogen-bond acceptors (Lipinski definition) is 6. The normalized spacial score (nSPS) is 13.9. The van der Waals surface area contributed by atoms with Gasteiger partial charge < -0.3 is 4.42 Å². The molecule has 0 atom stereocenters. The van der Waals surface area contributed by atoms with Gasteiger partial charge >= 0.3 is 0 Å². The zero-order valence-corrected chi connectivity index (χ0v) is 16.8. The first-order valence-corrected chi connectivity index (χ1v) is 10.0. The molecule has 1 N–H and O–H groups in total. The third-order valence-electron chi connectivity index (χ3n) is 4.75. The Hall–Kier alpha value is -3.26. The van der Waals surface area contributed by atoms with Crippen molar-refractivity contribution in [1.82, 2.24) is 9.88 Å². The van der Waals surface area contributed by atoms with Gasteiger partial charge in [0.05, 0.1) is 12.2 Å². The lowest BCUT2D eigenvalue weighted by Gasteiger charge is -2.13. The highest BCUT2D eigenvalue weighted by Gasteiger charge is 2.28. The highest BCUT2D eigenvalue weighted by molar-refractivity contribution is 7.14. The lowest BCUT2D eigenvalue weighted by molar-refractivity contribution is -0.139. The van der Waals surface area contributed by atoms with Crippen LogP contribution in [-0.4, -0.2) is 27.6 Å². The van der Waals surface area contributed by atoms with Crippen LogP contribution in [0.4, 0.5) is 5.13 Å². The quantitative estimate of drug-likeness (QED) is 0.645. The van der Waals surface area contributed by atoms with Crippen molar-refractivity contribution in [2.45, 2.75) is 33.2 Å². The van der Waals surface area contributed by atoms with Crippen molar-refractivity contribution in [3.63, 3.8) is 0 Å². The number of benzene rings is 1. The highest BCUT2D eigenvalue weighted by Crippen LogP contribution is 2.29. The molecule has 0 unspecified atom stereocenters. The molecule has 0 spiro atoms. The van der Waals surface area contributed by atoms with Crippen molar-refractivity contribution in [2.75, 3.05) is 5.32 Å². The van der Waals surface area contributed by atoms with Crippen molar-refractivity contribution in [2.24, 2.45) is 0 Å². The van der Waals surface area contributed by atoms with E-state index in [-0.39, 0.29) is 37.1 Å². The van der Waals surface area contributed by atoms with Crippen molar-refractivity contribution < 1.29 is 18.8 Å². The van der Waals surface area contributed by atoms with Gasteiger partial charge in [-0.3, -0.25) is 24.6 Å². The molecule has 1 aromatic carbocycles. The second kappa shape index (κ2) is 7.63. The first-order valence-electron chi connectivity index (χ1n) is 9.17. The van der Waals surface area contributed by atoms with E-state index in [1.807, 2.05) is 25.3 Å². The van der Waals surface area contributed by atoms with Gasteiger partial charge in [-0.15, -0.1) is 11.3 Å². The lowest BCUT2D eigenvalue weighted by Crippen LogP contribution is -2.28. The Bertz CT molecular complexity index is 1080. The molecule has 0 radical (unpaired) electrons. The molecule has 2 aromatic heterocycles. The highest BCUT2D eigenvalue weighted by atomic mass is 32.1. The molecule has 8 heteroatoms. The molecule has 3 amide bonds. The maximum absolute atomic E-state index is 12.5. The summed E-state index contributed by atoms with van der Waals surface area (Å²) in [6, 6.07) is 8.77. The Balaban J connectivity index is 1.42. The van der Waals surface area contributed by atoms with Gasteiger partial charge in [-0.2, -0.15) is 0 Å². The maximum Gasteiger partial charge on any atom is 0.257 e. The molecule has 0 bridgehead atoms. The van der Waals surface area contributed by atoms with Gasteiger partial charge in [0.15, 0.2) is 5.13 Å². The Morgan fingerprint density at radius 3 is 2.48 bits per heavy atom. The fourth-order valence-corrected chi connectivity index (χ4v) is 3.96. The number of likely N-dealkylation sites (tertiary alicyclic amines) is 1. The molecular formula is C21H19N3O4S. The Labute approximate surface area is 171 Å². The van der Waals surface area contributed by atoms with Gasteiger partial charge in [-0.1, -0.05) is 12.1 Å². The van der Waals surface area contributed by atoms with Gasteiger partial charge in [-0.05, 0) is 37.6 Å². The van der Waals surface area contributed by atoms with Crippen LogP contribution in [-0.2, 0) is 16.1 Å². The first-order chi connectivity index (χ1) is 13.9. The Morgan fingerprint density at radius 2 is 1.86 bits per heavy atom. The fraction of sp³-hybridized carbons (Fsp3) is 0.238. The SMILES string of the molecule is Cc1cc(-c2csc(NC(=O)c3ccc(CN4C(=O)CCC4=O)cc3)n2)c(C)o1. The third kappa shape index (κ3) is 3.97. The molecule has 29 heavy (non-hydrogen) atoms. The van der Waals surface area contributed by atoms with Crippen LogP contribution in [0.5, 0.6) is 0 Å². The number of aryl methyl sites for hydroxylation is 2. The van der Waals surface area contributed by atoms with Crippen LogP contribution in [0, 0.1) is 13.8 Å². The molecule has 1 saturated heterocycles. The summed E-state index contributed by atoms with van der Waals surface area (Å²) in [7, 11) is 0. The van der Waals surface area contributed by atoms with Crippen LogP contribution in [0.2, 0.25) is 0 Å². The molecule has 0 aliphatic carbocycles. The van der Waals surface area contributed by atoms with E-state index in [0.29, 0.717) is 10.7 Å². The van der Waals surface area contributed by atoms with Crippen LogP contribution in [0.15, 0.2) is 40.1 Å². The summed E-state index contributed by atoms with van der Waals surface area (Å²) in [5.41, 5.74) is 2.94. The molecule has 1 aliphatic heterocycles. The standard InChI is InChI=1S/C21H19N3O4S/c1-12-9-16(13(2)28-12)17-11-29-21(22-17)23-20(27)15-5-3-14(4-6-15)10-24-18(25)7-8-19(24)26/h3-6,9,11H,7-8,10H2,1-2H3,(H,22,23,27). The number of anilines is 1. The molecule has 1 fully saturated rings. The number of amides is 3. The summed E-state index contributed by atoms with van der Waals surface area (Å²) in [6.45, 7) is 3.99. The largest absolute Gasteiger partial charge is 0.466 e. The number of nitrogens with zero attached hydrogens (tertiary/aromatic N) is 2. The van der Waals surface area contributed by atoms with E-state index in [1.165, 1.54) is 16.2 Å². The zero-order valence-electron chi connectivity index (χ0n) is 16.0. The van der Waals surface area contributed by atoms with Gasteiger partial charge in [0.1, 0.15) is 11.5 Å². The first kappa shape index (κ1) is 19.1. The van der Waals surface area contributed by atoms with E-state index in [2.05, 4.69) is 10.3 Å². The maximum atomic E-state index is 12.5. The van der Waals surface area contributed by atoms with Crippen LogP contribution in [0.25, 0.3) is 11.3 Å². The van der Waals surface area contributed by atoms with E-state index in [0.717, 1.165) is 28.3 Å². The fourth-order valence-electron chi connectivity index (χ4n) is 3.25. The number of nitrogens with one attached hydrogen (secondary N) is 1. The second-order valence-corrected chi connectivity index (χ2v) is 7.75. The number of hydrogen-bond donors (Lipinski definition) is 1. The van der Waals surface area contributed by atoms with Gasteiger partial charge in [0, 0.05) is 29.3 Å². The lowest BCUT2D eigenvalue weighted by atomic mass is 10.1. The van der Waals surface area contributed by atoms with Crippen molar-refractivity contribution in [1.29, 1.82) is 0 Å². The van der Waals surface area contributed by atoms with E-state index < -0.39 is 0 Å². The summed E-state index contributed by atoms with van der Waals surface area (Å²) in [4.78, 5) is 41.7. The van der Waals surface area contributed by atoms with Crippen LogP contribution < -0.4 is 5.32 Å². The minimum absolute atomic E-state index is 0.153. The average molecular weight is 409 g/mol. The van der Waals surface area contributed by atoms with Crippen LogP contribution in [0.1, 0.15) is 40.3 Å². The Kier molecular flexibility index (Phi) is 5.02. The third-order valence-corrected chi connectivity index (χ3v) is 5.51. The number of carbonyl (C=O) groups excluding carboxylic acids is 3. The zero-order chi connectivity index (χ0) is 20.5. The monoisotopic (exact) mass is 409 g/mol. The smallest absolute Gasteiger partial charge is 0.257 e. The van der Waals surface area contributed by atoms with E-state index in [9.17, 15) is 14.4 Å². The second-order valence-electron chi connectivity index (χ2n) is 6.89. The molecule has 0 saturated carbocycles. The summed E-state index contributed by atoms with van der Waals surface area (Å²) in [5.74, 6) is 1.02. The summed E-state index contributed by atoms with van der Waals surface area (Å²) < 4.78 is 5.53. The van der Waals surface area contributed by atoms with Gasteiger partial charge in [-0.25, -0.2) is 4.98 Å². The van der Waals surface area contributed by atoms with Crippen molar-refractivity contribution >= 4 is 34.2 Å². The number of thiazole rings is 1. The van der Waals surface area contributed by atoms with E-state index >= 15 is 0 Å². The van der Waals surface area contributed by atoms with Crippen molar-refractivity contribution in [3.05, 3.63) is 58.4 Å². The summed E-state index contributed by atoms with van der Waals surface area (Å²) >= 11 is 1.34. The van der Waals surface area contributed by atoms with E-state index in [1.54, 1.807) is 24.3 Å². The van der Waals surface area contributed by atoms with E-state index in [4.69, 9.17) is 4.42 Å². The van der Waals surface area contributed by atoms with Gasteiger partial charge in [0.2, 0.25) is 11.8 Å².